The summed E-state index contributed by atoms with van der Waals surface area (Å²) in [6, 6.07) is 5.92. The Morgan fingerprint density at radius 2 is 2.16 bits per heavy atom. The number of aromatic nitrogens is 2. The highest BCUT2D eigenvalue weighted by molar-refractivity contribution is 5.43. The first-order valence-electron chi connectivity index (χ1n) is 6.15. The Balaban J connectivity index is 2.13. The molecule has 0 saturated carbocycles. The van der Waals surface area contributed by atoms with Gasteiger partial charge in [0, 0.05) is 26.0 Å². The van der Waals surface area contributed by atoms with Crippen molar-refractivity contribution in [2.75, 3.05) is 14.2 Å². The quantitative estimate of drug-likeness (QED) is 0.860. The molecule has 0 amide bonds. The Labute approximate surface area is 113 Å². The molecule has 5 nitrogen and oxygen atoms in total. The Morgan fingerprint density at radius 1 is 1.32 bits per heavy atom. The van der Waals surface area contributed by atoms with E-state index < -0.39 is 0 Å². The number of aryl methyl sites for hydroxylation is 1. The van der Waals surface area contributed by atoms with E-state index in [4.69, 9.17) is 9.47 Å². The molecule has 5 heteroatoms. The van der Waals surface area contributed by atoms with Crippen molar-refractivity contribution in [1.29, 1.82) is 0 Å². The largest absolute Gasteiger partial charge is 0.493 e. The second-order valence-electron chi connectivity index (χ2n) is 4.26. The van der Waals surface area contributed by atoms with Crippen molar-refractivity contribution in [3.05, 3.63) is 42.0 Å². The van der Waals surface area contributed by atoms with Gasteiger partial charge in [0.2, 0.25) is 0 Å². The molecule has 1 heterocycles. The van der Waals surface area contributed by atoms with Crippen LogP contribution in [0.25, 0.3) is 0 Å². The minimum Gasteiger partial charge on any atom is -0.493 e. The molecule has 19 heavy (non-hydrogen) atoms. The van der Waals surface area contributed by atoms with Crippen LogP contribution in [0.4, 0.5) is 0 Å². The minimum absolute atomic E-state index is 0.420. The molecule has 1 aromatic heterocycles. The molecule has 0 fully saturated rings. The molecule has 0 unspecified atom stereocenters. The molecule has 0 radical (unpaired) electrons. The van der Waals surface area contributed by atoms with E-state index in [1.165, 1.54) is 0 Å². The van der Waals surface area contributed by atoms with Gasteiger partial charge in [0.25, 0.3) is 0 Å². The third kappa shape index (κ3) is 3.26. The second kappa shape index (κ2) is 6.24. The summed E-state index contributed by atoms with van der Waals surface area (Å²) >= 11 is 0. The van der Waals surface area contributed by atoms with Crippen molar-refractivity contribution in [2.24, 2.45) is 7.05 Å². The van der Waals surface area contributed by atoms with Gasteiger partial charge in [-0.3, -0.25) is 0 Å². The lowest BCUT2D eigenvalue weighted by molar-refractivity contribution is 0.273. The normalized spacial score (nSPS) is 10.5. The maximum absolute atomic E-state index is 5.80. The highest BCUT2D eigenvalue weighted by Crippen LogP contribution is 2.28. The van der Waals surface area contributed by atoms with Crippen LogP contribution in [0.5, 0.6) is 11.5 Å². The molecular weight excluding hydrogens is 242 g/mol. The Morgan fingerprint density at radius 3 is 2.79 bits per heavy atom. The summed E-state index contributed by atoms with van der Waals surface area (Å²) in [6.07, 6.45) is 3.65. The van der Waals surface area contributed by atoms with Gasteiger partial charge in [0.05, 0.1) is 7.11 Å². The monoisotopic (exact) mass is 261 g/mol. The first-order valence-corrected chi connectivity index (χ1v) is 6.15. The molecule has 0 spiro atoms. The van der Waals surface area contributed by atoms with Gasteiger partial charge in [0.15, 0.2) is 11.5 Å². The van der Waals surface area contributed by atoms with Crippen LogP contribution in [0.15, 0.2) is 30.6 Å². The number of imidazole rings is 1. The molecule has 1 aromatic carbocycles. The van der Waals surface area contributed by atoms with Crippen molar-refractivity contribution >= 4 is 0 Å². The zero-order chi connectivity index (χ0) is 13.7. The molecule has 2 aromatic rings. The number of methoxy groups -OCH3 is 1. The SMILES string of the molecule is CNCc1ccc(OC)c(OCc2nccn2C)c1. The van der Waals surface area contributed by atoms with Crippen LogP contribution < -0.4 is 14.8 Å². The predicted molar refractivity (Wildman–Crippen MR) is 73.3 cm³/mol. The van der Waals surface area contributed by atoms with Crippen LogP contribution in [-0.4, -0.2) is 23.7 Å². The average Bonchev–Trinajstić information content (AvgIpc) is 2.82. The molecular formula is C14H19N3O2. The van der Waals surface area contributed by atoms with E-state index in [1.54, 1.807) is 13.3 Å². The molecule has 102 valence electrons. The van der Waals surface area contributed by atoms with Crippen LogP contribution >= 0.6 is 0 Å². The number of nitrogens with one attached hydrogen (secondary N) is 1. The summed E-state index contributed by atoms with van der Waals surface area (Å²) in [6.45, 7) is 1.21. The molecule has 0 aliphatic carbocycles. The Bertz CT molecular complexity index is 537. The van der Waals surface area contributed by atoms with Gasteiger partial charge in [-0.25, -0.2) is 4.98 Å². The zero-order valence-electron chi connectivity index (χ0n) is 11.5. The lowest BCUT2D eigenvalue weighted by Crippen LogP contribution is -2.07. The molecule has 1 N–H and O–H groups in total. The van der Waals surface area contributed by atoms with E-state index in [0.29, 0.717) is 6.61 Å². The van der Waals surface area contributed by atoms with Gasteiger partial charge >= 0.3 is 0 Å². The van der Waals surface area contributed by atoms with Crippen molar-refractivity contribution in [2.45, 2.75) is 13.2 Å². The average molecular weight is 261 g/mol. The highest BCUT2D eigenvalue weighted by Gasteiger charge is 2.07. The molecule has 2 rings (SSSR count). The smallest absolute Gasteiger partial charge is 0.162 e. The lowest BCUT2D eigenvalue weighted by atomic mass is 10.2. The minimum atomic E-state index is 0.420. The van der Waals surface area contributed by atoms with Crippen molar-refractivity contribution in [3.8, 4) is 11.5 Å². The number of ether oxygens (including phenoxy) is 2. The fourth-order valence-corrected chi connectivity index (χ4v) is 1.83. The van der Waals surface area contributed by atoms with Crippen molar-refractivity contribution in [3.63, 3.8) is 0 Å². The summed E-state index contributed by atoms with van der Waals surface area (Å²) < 4.78 is 13.0. The fourth-order valence-electron chi connectivity index (χ4n) is 1.83. The maximum Gasteiger partial charge on any atom is 0.162 e. The maximum atomic E-state index is 5.80. The van der Waals surface area contributed by atoms with E-state index in [0.717, 1.165) is 29.4 Å². The third-order valence-corrected chi connectivity index (χ3v) is 2.89. The number of hydrogen-bond acceptors (Lipinski definition) is 4. The summed E-state index contributed by atoms with van der Waals surface area (Å²) in [4.78, 5) is 4.23. The van der Waals surface area contributed by atoms with Crippen LogP contribution in [0.3, 0.4) is 0 Å². The third-order valence-electron chi connectivity index (χ3n) is 2.89. The summed E-state index contributed by atoms with van der Waals surface area (Å²) in [5.74, 6) is 2.34. The van der Waals surface area contributed by atoms with Crippen molar-refractivity contribution in [1.82, 2.24) is 14.9 Å². The molecule has 0 atom stereocenters. The predicted octanol–water partition coefficient (Wildman–Crippen LogP) is 1.73. The van der Waals surface area contributed by atoms with Gasteiger partial charge in [-0.15, -0.1) is 0 Å². The number of nitrogens with zero attached hydrogens (tertiary/aromatic N) is 2. The number of hydrogen-bond donors (Lipinski definition) is 1. The summed E-state index contributed by atoms with van der Waals surface area (Å²) in [5.41, 5.74) is 1.15. The zero-order valence-corrected chi connectivity index (χ0v) is 11.5. The standard InChI is InChI=1S/C14H19N3O2/c1-15-9-11-4-5-12(18-3)13(8-11)19-10-14-16-6-7-17(14)2/h4-8,15H,9-10H2,1-3H3. The molecule has 0 aliphatic rings. The second-order valence-corrected chi connectivity index (χ2v) is 4.26. The van der Waals surface area contributed by atoms with Crippen LogP contribution in [0.2, 0.25) is 0 Å². The van der Waals surface area contributed by atoms with E-state index >= 15 is 0 Å². The molecule has 0 aliphatic heterocycles. The first kappa shape index (κ1) is 13.4. The van der Waals surface area contributed by atoms with E-state index in [1.807, 2.05) is 43.1 Å². The van der Waals surface area contributed by atoms with E-state index in [2.05, 4.69) is 10.3 Å². The summed E-state index contributed by atoms with van der Waals surface area (Å²) in [7, 11) is 5.50. The van der Waals surface area contributed by atoms with Gasteiger partial charge < -0.3 is 19.4 Å². The topological polar surface area (TPSA) is 48.3 Å². The highest BCUT2D eigenvalue weighted by atomic mass is 16.5. The van der Waals surface area contributed by atoms with Gasteiger partial charge in [-0.05, 0) is 24.7 Å². The Hall–Kier alpha value is -2.01. The van der Waals surface area contributed by atoms with E-state index in [-0.39, 0.29) is 0 Å². The van der Waals surface area contributed by atoms with Crippen LogP contribution in [0, 0.1) is 0 Å². The lowest BCUT2D eigenvalue weighted by Gasteiger charge is -2.12. The van der Waals surface area contributed by atoms with Gasteiger partial charge in [0.1, 0.15) is 12.4 Å². The summed E-state index contributed by atoms with van der Waals surface area (Å²) in [5, 5.41) is 3.11. The Kier molecular flexibility index (Phi) is 4.41. The first-order chi connectivity index (χ1) is 9.24. The fraction of sp³-hybridized carbons (Fsp3) is 0.357. The van der Waals surface area contributed by atoms with Gasteiger partial charge in [-0.1, -0.05) is 6.07 Å². The van der Waals surface area contributed by atoms with Gasteiger partial charge in [-0.2, -0.15) is 0 Å². The van der Waals surface area contributed by atoms with Crippen molar-refractivity contribution < 1.29 is 9.47 Å². The van der Waals surface area contributed by atoms with Crippen LogP contribution in [-0.2, 0) is 20.2 Å². The number of benzene rings is 1. The van der Waals surface area contributed by atoms with Crippen LogP contribution in [0.1, 0.15) is 11.4 Å². The molecule has 0 bridgehead atoms. The number of rotatable bonds is 6. The van der Waals surface area contributed by atoms with E-state index in [9.17, 15) is 0 Å². The molecule has 0 saturated heterocycles.